The molecule has 24 heavy (non-hydrogen) atoms. The molecule has 4 nitrogen and oxygen atoms in total. The number of phenolic OH excluding ortho intramolecular Hbond substituents is 1. The lowest BCUT2D eigenvalue weighted by molar-refractivity contribution is 0.472. The first-order chi connectivity index (χ1) is 11.5. The van der Waals surface area contributed by atoms with Crippen LogP contribution in [0.2, 0.25) is 10.0 Å². The SMILES string of the molecule is CC.Cc1cc2ncnc(Nc3ccc(Cl)c(Cl)c3F)c2cc1O. The molecule has 0 saturated carbocycles. The molecule has 0 bridgehead atoms. The zero-order valence-corrected chi connectivity index (χ0v) is 14.9. The Bertz CT molecular complexity index is 887. The fourth-order valence-electron chi connectivity index (χ4n) is 2.05. The van der Waals surface area contributed by atoms with E-state index in [-0.39, 0.29) is 21.5 Å². The Balaban J connectivity index is 0.00000100. The van der Waals surface area contributed by atoms with E-state index in [1.165, 1.54) is 24.5 Å². The van der Waals surface area contributed by atoms with Gasteiger partial charge in [-0.1, -0.05) is 37.0 Å². The number of nitrogens with zero attached hydrogens (tertiary/aromatic N) is 2. The molecule has 0 fully saturated rings. The first-order valence-electron chi connectivity index (χ1n) is 7.32. The summed E-state index contributed by atoms with van der Waals surface area (Å²) in [5.41, 5.74) is 1.46. The Hall–Kier alpha value is -2.11. The molecule has 3 rings (SSSR count). The van der Waals surface area contributed by atoms with Gasteiger partial charge in [-0.25, -0.2) is 14.4 Å². The summed E-state index contributed by atoms with van der Waals surface area (Å²) in [6.45, 7) is 5.77. The normalized spacial score (nSPS) is 10.2. The van der Waals surface area contributed by atoms with E-state index in [1.807, 2.05) is 13.8 Å². The minimum atomic E-state index is -0.669. The number of hydrogen-bond acceptors (Lipinski definition) is 4. The molecule has 0 spiro atoms. The van der Waals surface area contributed by atoms with Crippen LogP contribution < -0.4 is 5.32 Å². The van der Waals surface area contributed by atoms with Crippen molar-refractivity contribution in [2.24, 2.45) is 0 Å². The molecule has 0 aliphatic heterocycles. The number of rotatable bonds is 2. The smallest absolute Gasteiger partial charge is 0.166 e. The van der Waals surface area contributed by atoms with Gasteiger partial charge in [0.1, 0.15) is 17.9 Å². The van der Waals surface area contributed by atoms with Crippen molar-refractivity contribution in [1.29, 1.82) is 0 Å². The molecule has 0 aliphatic rings. The van der Waals surface area contributed by atoms with E-state index in [0.29, 0.717) is 22.3 Å². The van der Waals surface area contributed by atoms with Crippen molar-refractivity contribution in [2.45, 2.75) is 20.8 Å². The van der Waals surface area contributed by atoms with Crippen LogP contribution in [0, 0.1) is 12.7 Å². The molecule has 1 heterocycles. The molecule has 2 N–H and O–H groups in total. The molecule has 126 valence electrons. The molecule has 0 atom stereocenters. The van der Waals surface area contributed by atoms with Gasteiger partial charge in [-0.3, -0.25) is 0 Å². The van der Waals surface area contributed by atoms with Gasteiger partial charge in [0.15, 0.2) is 5.82 Å². The molecule has 1 aromatic heterocycles. The monoisotopic (exact) mass is 367 g/mol. The van der Waals surface area contributed by atoms with Crippen LogP contribution in [0.15, 0.2) is 30.6 Å². The topological polar surface area (TPSA) is 58.0 Å². The predicted molar refractivity (Wildman–Crippen MR) is 97.0 cm³/mol. The average Bonchev–Trinajstić information content (AvgIpc) is 2.59. The van der Waals surface area contributed by atoms with Crippen LogP contribution in [-0.2, 0) is 0 Å². The van der Waals surface area contributed by atoms with Crippen LogP contribution in [0.4, 0.5) is 15.9 Å². The zero-order valence-electron chi connectivity index (χ0n) is 13.4. The van der Waals surface area contributed by atoms with Gasteiger partial charge in [0.2, 0.25) is 0 Å². The van der Waals surface area contributed by atoms with Crippen molar-refractivity contribution in [1.82, 2.24) is 9.97 Å². The van der Waals surface area contributed by atoms with E-state index >= 15 is 0 Å². The lowest BCUT2D eigenvalue weighted by Gasteiger charge is -2.11. The fourth-order valence-corrected chi connectivity index (χ4v) is 2.36. The van der Waals surface area contributed by atoms with Gasteiger partial charge in [0.25, 0.3) is 0 Å². The third-order valence-corrected chi connectivity index (χ3v) is 4.02. The Morgan fingerprint density at radius 3 is 2.54 bits per heavy atom. The lowest BCUT2D eigenvalue weighted by atomic mass is 10.1. The fraction of sp³-hybridized carbons (Fsp3) is 0.176. The maximum absolute atomic E-state index is 14.1. The lowest BCUT2D eigenvalue weighted by Crippen LogP contribution is -1.99. The molecule has 2 aromatic carbocycles. The number of aromatic nitrogens is 2. The second-order valence-electron chi connectivity index (χ2n) is 4.73. The van der Waals surface area contributed by atoms with E-state index in [9.17, 15) is 9.50 Å². The third kappa shape index (κ3) is 3.52. The summed E-state index contributed by atoms with van der Waals surface area (Å²) in [6, 6.07) is 6.21. The van der Waals surface area contributed by atoms with Crippen molar-refractivity contribution in [2.75, 3.05) is 5.32 Å². The summed E-state index contributed by atoms with van der Waals surface area (Å²) < 4.78 is 14.1. The molecule has 0 aliphatic carbocycles. The van der Waals surface area contributed by atoms with Crippen molar-refractivity contribution in [3.8, 4) is 5.75 Å². The highest BCUT2D eigenvalue weighted by atomic mass is 35.5. The second-order valence-corrected chi connectivity index (χ2v) is 5.51. The van der Waals surface area contributed by atoms with Gasteiger partial charge < -0.3 is 10.4 Å². The van der Waals surface area contributed by atoms with Gasteiger partial charge in [0, 0.05) is 5.39 Å². The van der Waals surface area contributed by atoms with Crippen LogP contribution in [-0.4, -0.2) is 15.1 Å². The highest BCUT2D eigenvalue weighted by molar-refractivity contribution is 6.42. The standard InChI is InChI=1S/C15H10Cl2FN3O.C2H6/c1-7-4-11-8(5-12(7)22)15(20-6-19-11)21-10-3-2-9(16)13(17)14(10)18;1-2/h2-6,22H,1H3,(H,19,20,21);1-2H3. The summed E-state index contributed by atoms with van der Waals surface area (Å²) in [5.74, 6) is -0.199. The summed E-state index contributed by atoms with van der Waals surface area (Å²) in [5, 5.41) is 13.2. The average molecular weight is 368 g/mol. The summed E-state index contributed by atoms with van der Waals surface area (Å²) >= 11 is 11.6. The molecule has 7 heteroatoms. The molecule has 3 aromatic rings. The van der Waals surface area contributed by atoms with E-state index < -0.39 is 5.82 Å². The van der Waals surface area contributed by atoms with E-state index in [1.54, 1.807) is 13.0 Å². The van der Waals surface area contributed by atoms with Gasteiger partial charge in [-0.05, 0) is 36.8 Å². The maximum Gasteiger partial charge on any atom is 0.166 e. The van der Waals surface area contributed by atoms with Crippen LogP contribution >= 0.6 is 23.2 Å². The molecular formula is C17H16Cl2FN3O. The number of anilines is 2. The van der Waals surface area contributed by atoms with Crippen molar-refractivity contribution in [3.05, 3.63) is 52.0 Å². The van der Waals surface area contributed by atoms with Crippen molar-refractivity contribution < 1.29 is 9.50 Å². The molecule has 0 unspecified atom stereocenters. The number of benzene rings is 2. The van der Waals surface area contributed by atoms with Crippen molar-refractivity contribution in [3.63, 3.8) is 0 Å². The van der Waals surface area contributed by atoms with E-state index in [4.69, 9.17) is 23.2 Å². The largest absolute Gasteiger partial charge is 0.508 e. The maximum atomic E-state index is 14.1. The Morgan fingerprint density at radius 2 is 1.83 bits per heavy atom. The molecule has 0 amide bonds. The molecular weight excluding hydrogens is 352 g/mol. The Morgan fingerprint density at radius 1 is 1.12 bits per heavy atom. The van der Waals surface area contributed by atoms with E-state index in [0.717, 1.165) is 0 Å². The second kappa shape index (κ2) is 7.64. The predicted octanol–water partition coefficient (Wildman–Crippen LogP) is 5.86. The minimum absolute atomic E-state index is 0.111. The van der Waals surface area contributed by atoms with E-state index in [2.05, 4.69) is 15.3 Å². The number of fused-ring (bicyclic) bond motifs is 1. The van der Waals surface area contributed by atoms with Gasteiger partial charge in [0.05, 0.1) is 21.2 Å². The number of aromatic hydroxyl groups is 1. The number of nitrogens with one attached hydrogen (secondary N) is 1. The number of aryl methyl sites for hydroxylation is 1. The van der Waals surface area contributed by atoms with Gasteiger partial charge in [-0.15, -0.1) is 0 Å². The minimum Gasteiger partial charge on any atom is -0.508 e. The van der Waals surface area contributed by atoms with Gasteiger partial charge >= 0.3 is 0 Å². The quantitative estimate of drug-likeness (QED) is 0.557. The molecule has 0 saturated heterocycles. The van der Waals surface area contributed by atoms with Gasteiger partial charge in [-0.2, -0.15) is 0 Å². The molecule has 0 radical (unpaired) electrons. The summed E-state index contributed by atoms with van der Waals surface area (Å²) in [4.78, 5) is 8.23. The van der Waals surface area contributed by atoms with Crippen LogP contribution in [0.25, 0.3) is 10.9 Å². The number of phenols is 1. The Kier molecular flexibility index (Phi) is 5.80. The highest BCUT2D eigenvalue weighted by Gasteiger charge is 2.13. The number of hydrogen-bond donors (Lipinski definition) is 2. The van der Waals surface area contributed by atoms with Crippen molar-refractivity contribution >= 4 is 45.6 Å². The third-order valence-electron chi connectivity index (χ3n) is 3.24. The zero-order chi connectivity index (χ0) is 17.9. The van der Waals surface area contributed by atoms with Crippen LogP contribution in [0.5, 0.6) is 5.75 Å². The first kappa shape index (κ1) is 18.2. The summed E-state index contributed by atoms with van der Waals surface area (Å²) in [6.07, 6.45) is 1.36. The Labute approximate surface area is 149 Å². The number of halogens is 3. The summed E-state index contributed by atoms with van der Waals surface area (Å²) in [7, 11) is 0. The van der Waals surface area contributed by atoms with Crippen LogP contribution in [0.1, 0.15) is 19.4 Å². The highest BCUT2D eigenvalue weighted by Crippen LogP contribution is 2.33. The van der Waals surface area contributed by atoms with Crippen LogP contribution in [0.3, 0.4) is 0 Å². The first-order valence-corrected chi connectivity index (χ1v) is 8.08.